The predicted octanol–water partition coefficient (Wildman–Crippen LogP) is 2.91. The van der Waals surface area contributed by atoms with E-state index in [0.29, 0.717) is 12.5 Å². The molecule has 0 aliphatic heterocycles. The maximum Gasteiger partial charge on any atom is 0.253 e. The van der Waals surface area contributed by atoms with Crippen molar-refractivity contribution in [3.05, 3.63) is 0 Å². The van der Waals surface area contributed by atoms with Crippen molar-refractivity contribution in [2.24, 2.45) is 11.3 Å². The van der Waals surface area contributed by atoms with E-state index in [1.54, 1.807) is 0 Å². The average molecular weight is 193 g/mol. The zero-order valence-electron chi connectivity index (χ0n) is 9.20. The molecule has 0 rings (SSSR count). The molecule has 0 aromatic carbocycles. The van der Waals surface area contributed by atoms with Gasteiger partial charge in [-0.1, -0.05) is 27.7 Å². The van der Waals surface area contributed by atoms with Crippen molar-refractivity contribution >= 4 is 0 Å². The first-order valence-corrected chi connectivity index (χ1v) is 4.76. The lowest BCUT2D eigenvalue weighted by molar-refractivity contribution is 0.0996. The van der Waals surface area contributed by atoms with Crippen molar-refractivity contribution in [3.8, 4) is 0 Å². The number of rotatable bonds is 4. The molecule has 0 radical (unpaired) electrons. The van der Waals surface area contributed by atoms with Gasteiger partial charge in [-0.3, -0.25) is 0 Å². The molecule has 0 aromatic heterocycles. The Morgan fingerprint density at radius 2 is 1.62 bits per heavy atom. The van der Waals surface area contributed by atoms with Crippen LogP contribution in [-0.4, -0.2) is 19.0 Å². The Morgan fingerprint density at radius 1 is 1.15 bits per heavy atom. The first-order valence-electron chi connectivity index (χ1n) is 4.76. The van der Waals surface area contributed by atoms with Crippen LogP contribution in [0.2, 0.25) is 0 Å². The van der Waals surface area contributed by atoms with Gasteiger partial charge in [-0.2, -0.15) is 0 Å². The fourth-order valence-corrected chi connectivity index (χ4v) is 0.758. The van der Waals surface area contributed by atoms with Crippen LogP contribution in [0.3, 0.4) is 0 Å². The summed E-state index contributed by atoms with van der Waals surface area (Å²) in [6, 6.07) is -0.704. The van der Waals surface area contributed by atoms with Crippen molar-refractivity contribution in [3.63, 3.8) is 0 Å². The summed E-state index contributed by atoms with van der Waals surface area (Å²) in [6.07, 6.45) is -2.27. The lowest BCUT2D eigenvalue weighted by atomic mass is 9.82. The van der Waals surface area contributed by atoms with Crippen LogP contribution in [0.4, 0.5) is 8.78 Å². The van der Waals surface area contributed by atoms with E-state index in [0.717, 1.165) is 0 Å². The molecular formula is C10H21F2N. The maximum atomic E-state index is 12.1. The molecule has 0 bridgehead atoms. The summed E-state index contributed by atoms with van der Waals surface area (Å²) in [5.74, 6) is 0.397. The molecule has 0 aliphatic rings. The van der Waals surface area contributed by atoms with Gasteiger partial charge in [0, 0.05) is 0 Å². The van der Waals surface area contributed by atoms with Crippen LogP contribution >= 0.6 is 0 Å². The fraction of sp³-hybridized carbons (Fsp3) is 1.00. The van der Waals surface area contributed by atoms with Crippen molar-refractivity contribution in [1.82, 2.24) is 5.32 Å². The highest BCUT2D eigenvalue weighted by Gasteiger charge is 2.21. The van der Waals surface area contributed by atoms with E-state index >= 15 is 0 Å². The average Bonchev–Trinajstić information content (AvgIpc) is 1.97. The van der Waals surface area contributed by atoms with E-state index < -0.39 is 12.5 Å². The second-order valence-electron chi connectivity index (χ2n) is 4.80. The summed E-state index contributed by atoms with van der Waals surface area (Å²) >= 11 is 0. The first-order chi connectivity index (χ1) is 5.75. The molecule has 2 atom stereocenters. The SMILES string of the molecule is CC(NCC(C)C(C)(C)C)C(F)F. The van der Waals surface area contributed by atoms with Gasteiger partial charge in [0.05, 0.1) is 6.04 Å². The Balaban J connectivity index is 3.77. The van der Waals surface area contributed by atoms with Crippen LogP contribution in [0.15, 0.2) is 0 Å². The number of nitrogens with one attached hydrogen (secondary N) is 1. The molecule has 0 heterocycles. The number of halogens is 2. The Morgan fingerprint density at radius 3 is 1.92 bits per heavy atom. The zero-order chi connectivity index (χ0) is 10.6. The fourth-order valence-electron chi connectivity index (χ4n) is 0.758. The highest BCUT2D eigenvalue weighted by atomic mass is 19.3. The van der Waals surface area contributed by atoms with Crippen LogP contribution in [0, 0.1) is 11.3 Å². The number of hydrogen-bond donors (Lipinski definition) is 1. The lowest BCUT2D eigenvalue weighted by Gasteiger charge is -2.28. The molecule has 1 N–H and O–H groups in total. The summed E-state index contributed by atoms with van der Waals surface area (Å²) in [7, 11) is 0. The molecule has 1 nitrogen and oxygen atoms in total. The summed E-state index contributed by atoms with van der Waals surface area (Å²) in [5.41, 5.74) is 0.175. The molecule has 80 valence electrons. The van der Waals surface area contributed by atoms with E-state index in [-0.39, 0.29) is 5.41 Å². The molecule has 0 aromatic rings. The molecule has 0 saturated carbocycles. The Hall–Kier alpha value is -0.180. The maximum absolute atomic E-state index is 12.1. The third-order valence-electron chi connectivity index (χ3n) is 2.60. The number of hydrogen-bond acceptors (Lipinski definition) is 1. The molecule has 0 fully saturated rings. The van der Waals surface area contributed by atoms with Gasteiger partial charge in [0.2, 0.25) is 0 Å². The van der Waals surface area contributed by atoms with E-state index in [4.69, 9.17) is 0 Å². The van der Waals surface area contributed by atoms with Gasteiger partial charge in [0.1, 0.15) is 0 Å². The minimum atomic E-state index is -2.27. The largest absolute Gasteiger partial charge is 0.309 e. The minimum absolute atomic E-state index is 0.175. The van der Waals surface area contributed by atoms with Crippen LogP contribution in [0.25, 0.3) is 0 Å². The van der Waals surface area contributed by atoms with E-state index in [2.05, 4.69) is 33.0 Å². The van der Waals surface area contributed by atoms with Crippen LogP contribution < -0.4 is 5.32 Å². The molecule has 0 amide bonds. The van der Waals surface area contributed by atoms with Gasteiger partial charge < -0.3 is 5.32 Å². The van der Waals surface area contributed by atoms with Gasteiger partial charge in [-0.15, -0.1) is 0 Å². The van der Waals surface area contributed by atoms with Crippen molar-refractivity contribution < 1.29 is 8.78 Å². The molecule has 0 saturated heterocycles. The summed E-state index contributed by atoms with van der Waals surface area (Å²) in [6.45, 7) is 10.6. The summed E-state index contributed by atoms with van der Waals surface area (Å²) in [4.78, 5) is 0. The molecule has 2 unspecified atom stereocenters. The van der Waals surface area contributed by atoms with E-state index in [1.807, 2.05) is 0 Å². The molecule has 3 heteroatoms. The molecular weight excluding hydrogens is 172 g/mol. The first kappa shape index (κ1) is 12.8. The zero-order valence-corrected chi connectivity index (χ0v) is 9.20. The lowest BCUT2D eigenvalue weighted by Crippen LogP contribution is -2.38. The quantitative estimate of drug-likeness (QED) is 0.724. The summed E-state index contributed by atoms with van der Waals surface area (Å²) < 4.78 is 24.2. The molecule has 13 heavy (non-hydrogen) atoms. The second-order valence-corrected chi connectivity index (χ2v) is 4.80. The summed E-state index contributed by atoms with van der Waals surface area (Å²) in [5, 5.41) is 2.84. The van der Waals surface area contributed by atoms with Gasteiger partial charge in [0.15, 0.2) is 0 Å². The van der Waals surface area contributed by atoms with Crippen molar-refractivity contribution in [2.45, 2.75) is 47.1 Å². The van der Waals surface area contributed by atoms with Gasteiger partial charge in [0.25, 0.3) is 6.43 Å². The van der Waals surface area contributed by atoms with Crippen LogP contribution in [0.1, 0.15) is 34.6 Å². The Labute approximate surface area is 79.9 Å². The topological polar surface area (TPSA) is 12.0 Å². The monoisotopic (exact) mass is 193 g/mol. The van der Waals surface area contributed by atoms with E-state index in [1.165, 1.54) is 6.92 Å². The normalized spacial score (nSPS) is 17.5. The van der Waals surface area contributed by atoms with Crippen LogP contribution in [-0.2, 0) is 0 Å². The minimum Gasteiger partial charge on any atom is -0.309 e. The molecule has 0 spiro atoms. The van der Waals surface area contributed by atoms with Crippen molar-refractivity contribution in [1.29, 1.82) is 0 Å². The third-order valence-corrected chi connectivity index (χ3v) is 2.60. The van der Waals surface area contributed by atoms with Gasteiger partial charge in [-0.25, -0.2) is 8.78 Å². The smallest absolute Gasteiger partial charge is 0.253 e. The van der Waals surface area contributed by atoms with Crippen molar-refractivity contribution in [2.75, 3.05) is 6.54 Å². The molecule has 0 aliphatic carbocycles. The van der Waals surface area contributed by atoms with Gasteiger partial charge in [-0.05, 0) is 24.8 Å². The predicted molar refractivity (Wildman–Crippen MR) is 52.1 cm³/mol. The highest BCUT2D eigenvalue weighted by molar-refractivity contribution is 4.74. The van der Waals surface area contributed by atoms with Crippen LogP contribution in [0.5, 0.6) is 0 Å². The number of alkyl halides is 2. The highest BCUT2D eigenvalue weighted by Crippen LogP contribution is 2.24. The van der Waals surface area contributed by atoms with E-state index in [9.17, 15) is 8.78 Å². The van der Waals surface area contributed by atoms with Gasteiger partial charge >= 0.3 is 0 Å². The standard InChI is InChI=1S/C10H21F2N/c1-7(10(3,4)5)6-13-8(2)9(11)12/h7-9,13H,6H2,1-5H3. The second kappa shape index (κ2) is 4.89. The Kier molecular flexibility index (Phi) is 4.82. The Bertz CT molecular complexity index is 140. The third kappa shape index (κ3) is 5.19.